The zero-order chi connectivity index (χ0) is 11.7. The van der Waals surface area contributed by atoms with Crippen molar-refractivity contribution in [3.8, 4) is 0 Å². The molecule has 3 rings (SSSR count). The predicted octanol–water partition coefficient (Wildman–Crippen LogP) is -0.554. The van der Waals surface area contributed by atoms with Crippen molar-refractivity contribution >= 4 is 0 Å². The molecule has 17 heavy (non-hydrogen) atoms. The Balaban J connectivity index is 1.80. The van der Waals surface area contributed by atoms with Crippen molar-refractivity contribution in [3.63, 3.8) is 0 Å². The van der Waals surface area contributed by atoms with Crippen LogP contribution in [0, 0.1) is 0 Å². The van der Waals surface area contributed by atoms with Gasteiger partial charge in [-0.15, -0.1) is 0 Å². The van der Waals surface area contributed by atoms with Gasteiger partial charge in [0.15, 0.2) is 6.29 Å². The van der Waals surface area contributed by atoms with E-state index in [0.29, 0.717) is 6.61 Å². The highest BCUT2D eigenvalue weighted by molar-refractivity contribution is 4.93. The summed E-state index contributed by atoms with van der Waals surface area (Å²) in [7, 11) is 1.57. The van der Waals surface area contributed by atoms with Gasteiger partial charge in [0.05, 0.1) is 6.61 Å². The van der Waals surface area contributed by atoms with Crippen LogP contribution in [0.5, 0.6) is 0 Å². The normalized spacial score (nSPS) is 46.8. The minimum Gasteiger partial charge on any atom is -0.353 e. The fourth-order valence-corrected chi connectivity index (χ4v) is 2.35. The van der Waals surface area contributed by atoms with Crippen molar-refractivity contribution in [1.82, 2.24) is 0 Å². The predicted molar refractivity (Wildman–Crippen MR) is 51.9 cm³/mol. The van der Waals surface area contributed by atoms with E-state index < -0.39 is 6.29 Å². The van der Waals surface area contributed by atoms with Crippen molar-refractivity contribution in [3.05, 3.63) is 0 Å². The summed E-state index contributed by atoms with van der Waals surface area (Å²) >= 11 is 0. The molecule has 0 unspecified atom stereocenters. The Bertz CT molecular complexity index is 261. The number of rotatable bonds is 1. The first-order chi connectivity index (χ1) is 8.40. The molecule has 3 saturated heterocycles. The molecule has 0 saturated carbocycles. The van der Waals surface area contributed by atoms with Crippen LogP contribution in [0.4, 0.5) is 0 Å². The summed E-state index contributed by atoms with van der Waals surface area (Å²) in [6.07, 6.45) is -1.50. The van der Waals surface area contributed by atoms with Gasteiger partial charge in [0.1, 0.15) is 44.8 Å². The third-order valence-corrected chi connectivity index (χ3v) is 3.14. The van der Waals surface area contributed by atoms with Gasteiger partial charge < -0.3 is 33.2 Å². The summed E-state index contributed by atoms with van der Waals surface area (Å²) in [6.45, 7) is 1.07. The maximum Gasteiger partial charge on any atom is 0.186 e. The maximum absolute atomic E-state index is 5.73. The quantitative estimate of drug-likeness (QED) is 0.616. The molecule has 0 aromatic rings. The number of methoxy groups -OCH3 is 1. The van der Waals surface area contributed by atoms with Crippen LogP contribution in [0.3, 0.4) is 0 Å². The molecule has 3 aliphatic rings. The summed E-state index contributed by atoms with van der Waals surface area (Å²) in [5.74, 6) is 0. The van der Waals surface area contributed by atoms with E-state index in [1.165, 1.54) is 0 Å². The second-order valence-corrected chi connectivity index (χ2v) is 4.10. The van der Waals surface area contributed by atoms with E-state index in [4.69, 9.17) is 33.2 Å². The summed E-state index contributed by atoms with van der Waals surface area (Å²) in [6, 6.07) is 0. The van der Waals surface area contributed by atoms with Crippen LogP contribution in [0.1, 0.15) is 0 Å². The van der Waals surface area contributed by atoms with Crippen LogP contribution < -0.4 is 0 Å². The highest BCUT2D eigenvalue weighted by atomic mass is 16.8. The van der Waals surface area contributed by atoms with Gasteiger partial charge in [-0.2, -0.15) is 0 Å². The molecular formula is C10H16O7. The Morgan fingerprint density at radius 3 is 2.41 bits per heavy atom. The third kappa shape index (κ3) is 2.19. The van der Waals surface area contributed by atoms with Crippen LogP contribution in [-0.2, 0) is 33.2 Å². The molecule has 5 atom stereocenters. The SMILES string of the molecule is CO[C@H]1O[C@@H]2COCO[C@H]2[C@@H]2OCOCO[C@H]12. The summed E-state index contributed by atoms with van der Waals surface area (Å²) in [4.78, 5) is 0. The Morgan fingerprint density at radius 2 is 1.59 bits per heavy atom. The molecule has 7 heteroatoms. The van der Waals surface area contributed by atoms with Crippen molar-refractivity contribution in [1.29, 1.82) is 0 Å². The molecule has 98 valence electrons. The fraction of sp³-hybridized carbons (Fsp3) is 1.00. The van der Waals surface area contributed by atoms with Gasteiger partial charge in [-0.1, -0.05) is 0 Å². The first kappa shape index (κ1) is 11.8. The third-order valence-electron chi connectivity index (χ3n) is 3.14. The van der Waals surface area contributed by atoms with E-state index in [9.17, 15) is 0 Å². The standard InChI is InChI=1S/C10H16O7/c1-11-10-9-8(15-4-13-5-16-9)7-6(17-10)2-12-3-14-7/h6-10H,2-5H2,1H3/t6-,7-,8+,9+,10+/m1/s1. The fourth-order valence-electron chi connectivity index (χ4n) is 2.35. The molecule has 3 aliphatic heterocycles. The van der Waals surface area contributed by atoms with E-state index in [1.807, 2.05) is 0 Å². The van der Waals surface area contributed by atoms with Gasteiger partial charge in [-0.3, -0.25) is 0 Å². The molecular weight excluding hydrogens is 232 g/mol. The minimum atomic E-state index is -0.492. The van der Waals surface area contributed by atoms with Crippen molar-refractivity contribution in [2.24, 2.45) is 0 Å². The van der Waals surface area contributed by atoms with Gasteiger partial charge in [0, 0.05) is 7.11 Å². The zero-order valence-corrected chi connectivity index (χ0v) is 9.57. The first-order valence-corrected chi connectivity index (χ1v) is 5.58. The topological polar surface area (TPSA) is 64.6 Å². The van der Waals surface area contributed by atoms with Crippen LogP contribution in [0.2, 0.25) is 0 Å². The lowest BCUT2D eigenvalue weighted by molar-refractivity contribution is -0.340. The molecule has 0 aliphatic carbocycles. The highest BCUT2D eigenvalue weighted by Crippen LogP contribution is 2.31. The van der Waals surface area contributed by atoms with Crippen LogP contribution in [0.25, 0.3) is 0 Å². The maximum atomic E-state index is 5.73. The zero-order valence-electron chi connectivity index (χ0n) is 9.57. The van der Waals surface area contributed by atoms with E-state index >= 15 is 0 Å². The lowest BCUT2D eigenvalue weighted by atomic mass is 9.98. The van der Waals surface area contributed by atoms with E-state index in [0.717, 1.165) is 0 Å². The molecule has 7 nitrogen and oxygen atoms in total. The average molecular weight is 248 g/mol. The second kappa shape index (κ2) is 5.15. The van der Waals surface area contributed by atoms with E-state index in [-0.39, 0.29) is 44.8 Å². The van der Waals surface area contributed by atoms with Gasteiger partial charge in [-0.25, -0.2) is 0 Å². The lowest BCUT2D eigenvalue weighted by Gasteiger charge is -2.45. The molecule has 0 aromatic carbocycles. The molecule has 0 radical (unpaired) electrons. The lowest BCUT2D eigenvalue weighted by Crippen LogP contribution is -2.62. The highest BCUT2D eigenvalue weighted by Gasteiger charge is 2.50. The molecule has 0 amide bonds. The summed E-state index contributed by atoms with van der Waals surface area (Å²) < 4.78 is 38.0. The number of fused-ring (bicyclic) bond motifs is 3. The van der Waals surface area contributed by atoms with Gasteiger partial charge in [0.2, 0.25) is 0 Å². The average Bonchev–Trinajstić information content (AvgIpc) is 2.63. The first-order valence-electron chi connectivity index (χ1n) is 5.58. The van der Waals surface area contributed by atoms with Gasteiger partial charge >= 0.3 is 0 Å². The smallest absolute Gasteiger partial charge is 0.186 e. The largest absolute Gasteiger partial charge is 0.353 e. The van der Waals surface area contributed by atoms with Crippen LogP contribution in [0.15, 0.2) is 0 Å². The monoisotopic (exact) mass is 248 g/mol. The summed E-state index contributed by atoms with van der Waals surface area (Å²) in [5, 5.41) is 0. The van der Waals surface area contributed by atoms with Crippen molar-refractivity contribution in [2.45, 2.75) is 30.7 Å². The molecule has 0 N–H and O–H groups in total. The van der Waals surface area contributed by atoms with Crippen LogP contribution in [-0.4, -0.2) is 64.8 Å². The molecule has 3 heterocycles. The summed E-state index contributed by atoms with van der Waals surface area (Å²) in [5.41, 5.74) is 0. The number of hydrogen-bond donors (Lipinski definition) is 0. The Labute approximate surface area is 98.8 Å². The van der Waals surface area contributed by atoms with Crippen molar-refractivity contribution < 1.29 is 33.2 Å². The number of ether oxygens (including phenoxy) is 7. The molecule has 0 bridgehead atoms. The van der Waals surface area contributed by atoms with Crippen LogP contribution >= 0.6 is 0 Å². The van der Waals surface area contributed by atoms with Crippen molar-refractivity contribution in [2.75, 3.05) is 34.1 Å². The van der Waals surface area contributed by atoms with E-state index in [1.54, 1.807) is 7.11 Å². The second-order valence-electron chi connectivity index (χ2n) is 4.10. The number of hydrogen-bond acceptors (Lipinski definition) is 7. The van der Waals surface area contributed by atoms with Gasteiger partial charge in [-0.05, 0) is 0 Å². The Kier molecular flexibility index (Phi) is 3.57. The molecule has 0 spiro atoms. The molecule has 0 aromatic heterocycles. The van der Waals surface area contributed by atoms with E-state index in [2.05, 4.69) is 0 Å². The molecule has 3 fully saturated rings. The minimum absolute atomic E-state index is 0.165. The van der Waals surface area contributed by atoms with Gasteiger partial charge in [0.25, 0.3) is 0 Å². The Hall–Kier alpha value is -0.280. The Morgan fingerprint density at radius 1 is 0.882 bits per heavy atom.